The number of nitrogens with one attached hydrogen (secondary N) is 1. The lowest BCUT2D eigenvalue weighted by molar-refractivity contribution is -0.895. The summed E-state index contributed by atoms with van der Waals surface area (Å²) in [5.41, 5.74) is 0.903. The predicted octanol–water partition coefficient (Wildman–Crippen LogP) is 1.80. The molecule has 0 unspecified atom stereocenters. The summed E-state index contributed by atoms with van der Waals surface area (Å²) >= 11 is 0. The first-order chi connectivity index (χ1) is 14.0. The van der Waals surface area contributed by atoms with Crippen molar-refractivity contribution in [2.75, 3.05) is 26.2 Å². The molecule has 3 aromatic rings. The Kier molecular flexibility index (Phi) is 5.15. The number of quaternary nitrogens is 1. The Morgan fingerprint density at radius 2 is 1.86 bits per heavy atom. The smallest absolute Gasteiger partial charge is 0.291 e. The van der Waals surface area contributed by atoms with E-state index in [0.29, 0.717) is 6.54 Å². The van der Waals surface area contributed by atoms with E-state index in [4.69, 9.17) is 4.42 Å². The van der Waals surface area contributed by atoms with Gasteiger partial charge in [-0.25, -0.2) is 4.39 Å². The van der Waals surface area contributed by atoms with Crippen LogP contribution < -0.4 is 10.3 Å². The minimum absolute atomic E-state index is 0.0467. The van der Waals surface area contributed by atoms with E-state index in [1.165, 1.54) is 17.0 Å². The summed E-state index contributed by atoms with van der Waals surface area (Å²) in [5.74, 6) is -0.779. The number of fused-ring (bicyclic) bond motifs is 2. The summed E-state index contributed by atoms with van der Waals surface area (Å²) in [4.78, 5) is 33.6. The fourth-order valence-electron chi connectivity index (χ4n) is 4.00. The molecule has 0 radical (unpaired) electrons. The Morgan fingerprint density at radius 3 is 2.55 bits per heavy atom. The lowest BCUT2D eigenvalue weighted by Crippen LogP contribution is -3.12. The van der Waals surface area contributed by atoms with Gasteiger partial charge in [0.05, 0.1) is 43.2 Å². The Labute approximate surface area is 167 Å². The third kappa shape index (κ3) is 3.31. The first-order valence-electron chi connectivity index (χ1n) is 9.85. The van der Waals surface area contributed by atoms with Crippen LogP contribution in [0.5, 0.6) is 0 Å². The average Bonchev–Trinajstić information content (AvgIpc) is 3.02. The number of hydrogen-bond donors (Lipinski definition) is 1. The maximum Gasteiger partial charge on any atom is 0.291 e. The summed E-state index contributed by atoms with van der Waals surface area (Å²) in [6.45, 7) is 7.35. The number of rotatable bonds is 6. The molecule has 3 heterocycles. The van der Waals surface area contributed by atoms with Crippen LogP contribution in [-0.2, 0) is 0 Å². The fourth-order valence-corrected chi connectivity index (χ4v) is 4.00. The van der Waals surface area contributed by atoms with Gasteiger partial charge in [-0.15, -0.1) is 0 Å². The van der Waals surface area contributed by atoms with Gasteiger partial charge in [-0.2, -0.15) is 0 Å². The van der Waals surface area contributed by atoms with Gasteiger partial charge >= 0.3 is 0 Å². The van der Waals surface area contributed by atoms with E-state index in [1.807, 2.05) is 0 Å². The van der Waals surface area contributed by atoms with Gasteiger partial charge in [0.15, 0.2) is 5.43 Å². The summed E-state index contributed by atoms with van der Waals surface area (Å²) in [6, 6.07) is 6.79. The zero-order valence-corrected chi connectivity index (χ0v) is 16.4. The number of likely N-dealkylation sites (N-methyl/N-ethyl adjacent to an activating group) is 1. The fraction of sp³-hybridized carbons (Fsp3) is 0.318. The van der Waals surface area contributed by atoms with Crippen LogP contribution in [0.1, 0.15) is 41.6 Å². The summed E-state index contributed by atoms with van der Waals surface area (Å²) in [7, 11) is 0. The predicted molar refractivity (Wildman–Crippen MR) is 106 cm³/mol. The second-order valence-corrected chi connectivity index (χ2v) is 7.20. The first kappa shape index (κ1) is 19.3. The van der Waals surface area contributed by atoms with Gasteiger partial charge in [-0.3, -0.25) is 14.6 Å². The minimum atomic E-state index is -0.570. The number of halogens is 1. The molecule has 0 spiro atoms. The SMILES string of the molecule is CC[NH+](CC)CCN1C(=O)c2oc3ccc(F)cc3c(=O)c2[C@H]1c1ccncc1. The number of amides is 1. The first-order valence-corrected chi connectivity index (χ1v) is 9.85. The zero-order chi connectivity index (χ0) is 20.5. The van der Waals surface area contributed by atoms with E-state index in [9.17, 15) is 14.0 Å². The van der Waals surface area contributed by atoms with Crippen molar-refractivity contribution in [3.63, 3.8) is 0 Å². The van der Waals surface area contributed by atoms with Crippen molar-refractivity contribution in [1.82, 2.24) is 9.88 Å². The molecule has 1 aliphatic rings. The molecule has 1 aliphatic heterocycles. The van der Waals surface area contributed by atoms with Crippen LogP contribution in [0.25, 0.3) is 11.0 Å². The molecule has 1 N–H and O–H groups in total. The Bertz CT molecular complexity index is 1110. The Hall–Kier alpha value is -3.06. The van der Waals surface area contributed by atoms with E-state index < -0.39 is 11.9 Å². The van der Waals surface area contributed by atoms with Gasteiger partial charge < -0.3 is 14.2 Å². The van der Waals surface area contributed by atoms with Crippen molar-refractivity contribution >= 4 is 16.9 Å². The maximum absolute atomic E-state index is 13.8. The van der Waals surface area contributed by atoms with Crippen LogP contribution in [-0.4, -0.2) is 42.0 Å². The highest BCUT2D eigenvalue weighted by Gasteiger charge is 2.42. The van der Waals surface area contributed by atoms with Crippen LogP contribution >= 0.6 is 0 Å². The highest BCUT2D eigenvalue weighted by molar-refractivity contribution is 5.99. The third-order valence-corrected chi connectivity index (χ3v) is 5.66. The number of aromatic nitrogens is 1. The van der Waals surface area contributed by atoms with Crippen molar-refractivity contribution in [1.29, 1.82) is 0 Å². The molecular weight excluding hydrogens is 373 g/mol. The number of carbonyl (C=O) groups excluding carboxylic acids is 1. The molecule has 0 fully saturated rings. The molecule has 0 saturated heterocycles. The van der Waals surface area contributed by atoms with E-state index >= 15 is 0 Å². The lowest BCUT2D eigenvalue weighted by atomic mass is 9.99. The van der Waals surface area contributed by atoms with Gasteiger partial charge in [-0.05, 0) is 49.7 Å². The average molecular weight is 396 g/mol. The number of nitrogens with zero attached hydrogens (tertiary/aromatic N) is 2. The summed E-state index contributed by atoms with van der Waals surface area (Å²) in [6.07, 6.45) is 3.27. The second-order valence-electron chi connectivity index (χ2n) is 7.20. The Morgan fingerprint density at radius 1 is 1.14 bits per heavy atom. The van der Waals surface area contributed by atoms with E-state index in [0.717, 1.165) is 31.3 Å². The molecule has 1 atom stereocenters. The highest BCUT2D eigenvalue weighted by atomic mass is 19.1. The maximum atomic E-state index is 13.8. The van der Waals surface area contributed by atoms with Crippen molar-refractivity contribution in [3.8, 4) is 0 Å². The van der Waals surface area contributed by atoms with E-state index in [-0.39, 0.29) is 33.6 Å². The molecule has 150 valence electrons. The van der Waals surface area contributed by atoms with Crippen molar-refractivity contribution in [2.45, 2.75) is 19.9 Å². The summed E-state index contributed by atoms with van der Waals surface area (Å²) in [5, 5.41) is 0.145. The minimum Gasteiger partial charge on any atom is -0.450 e. The molecule has 0 saturated carbocycles. The summed E-state index contributed by atoms with van der Waals surface area (Å²) < 4.78 is 19.6. The van der Waals surface area contributed by atoms with Crippen molar-refractivity contribution in [3.05, 3.63) is 75.7 Å². The van der Waals surface area contributed by atoms with Crippen LogP contribution in [0.4, 0.5) is 4.39 Å². The number of hydrogen-bond acceptors (Lipinski definition) is 4. The highest BCUT2D eigenvalue weighted by Crippen LogP contribution is 2.37. The molecule has 2 aromatic heterocycles. The van der Waals surface area contributed by atoms with Gasteiger partial charge in [0.2, 0.25) is 5.76 Å². The molecule has 0 aliphatic carbocycles. The van der Waals surface area contributed by atoms with Crippen LogP contribution in [0.15, 0.2) is 51.9 Å². The number of benzene rings is 1. The molecule has 0 bridgehead atoms. The Balaban J connectivity index is 1.87. The zero-order valence-electron chi connectivity index (χ0n) is 16.4. The van der Waals surface area contributed by atoms with E-state index in [2.05, 4.69) is 18.8 Å². The largest absolute Gasteiger partial charge is 0.450 e. The second kappa shape index (κ2) is 7.75. The van der Waals surface area contributed by atoms with Crippen molar-refractivity contribution < 1.29 is 18.5 Å². The van der Waals surface area contributed by atoms with Gasteiger partial charge in [0.25, 0.3) is 5.91 Å². The molecule has 7 heteroatoms. The molecule has 1 amide bonds. The van der Waals surface area contributed by atoms with Crippen LogP contribution in [0.2, 0.25) is 0 Å². The van der Waals surface area contributed by atoms with E-state index in [1.54, 1.807) is 29.4 Å². The molecule has 1 aromatic carbocycles. The molecule has 29 heavy (non-hydrogen) atoms. The van der Waals surface area contributed by atoms with Crippen molar-refractivity contribution in [2.24, 2.45) is 0 Å². The molecule has 6 nitrogen and oxygen atoms in total. The lowest BCUT2D eigenvalue weighted by Gasteiger charge is -2.26. The van der Waals surface area contributed by atoms with Gasteiger partial charge in [0.1, 0.15) is 11.4 Å². The van der Waals surface area contributed by atoms with Gasteiger partial charge in [0, 0.05) is 12.4 Å². The quantitative estimate of drug-likeness (QED) is 0.690. The van der Waals surface area contributed by atoms with Gasteiger partial charge in [-0.1, -0.05) is 0 Å². The molecule has 4 rings (SSSR count). The number of carbonyl (C=O) groups is 1. The third-order valence-electron chi connectivity index (χ3n) is 5.66. The topological polar surface area (TPSA) is 67.8 Å². The standard InChI is InChI=1S/C22H22FN3O3/c1-3-25(4-2)11-12-26-19(14-7-9-24-10-8-14)18-20(27)16-13-15(23)5-6-17(16)29-21(18)22(26)28/h5-10,13,19H,3-4,11-12H2,1-2H3/p+1/t19-/m1/s1. The molecular formula is C22H23FN3O3+. The number of pyridine rings is 1. The van der Waals surface area contributed by atoms with Crippen LogP contribution in [0.3, 0.4) is 0 Å². The van der Waals surface area contributed by atoms with Crippen LogP contribution in [0, 0.1) is 5.82 Å². The monoisotopic (exact) mass is 396 g/mol. The normalized spacial score (nSPS) is 16.1.